The van der Waals surface area contributed by atoms with Crippen LogP contribution in [0.4, 0.5) is 5.13 Å². The van der Waals surface area contributed by atoms with E-state index in [1.807, 2.05) is 0 Å². The maximum Gasteiger partial charge on any atom is 0.311 e. The summed E-state index contributed by atoms with van der Waals surface area (Å²) in [7, 11) is 0. The number of esters is 1. The molecule has 1 N–H and O–H groups in total. The zero-order valence-corrected chi connectivity index (χ0v) is 17.5. The van der Waals surface area contributed by atoms with Gasteiger partial charge in [-0.2, -0.15) is 0 Å². The number of hydrogen-bond donors (Lipinski definition) is 1. The van der Waals surface area contributed by atoms with Crippen LogP contribution in [-0.4, -0.2) is 33.0 Å². The summed E-state index contributed by atoms with van der Waals surface area (Å²) in [6.45, 7) is 2.75. The highest BCUT2D eigenvalue weighted by Crippen LogP contribution is 2.19. The van der Waals surface area contributed by atoms with E-state index < -0.39 is 0 Å². The van der Waals surface area contributed by atoms with Crippen molar-refractivity contribution in [3.05, 3.63) is 51.0 Å². The lowest BCUT2D eigenvalue weighted by Gasteiger charge is -2.10. The summed E-state index contributed by atoms with van der Waals surface area (Å²) in [5, 5.41) is 5.37. The Labute approximate surface area is 176 Å². The molecule has 1 aliphatic rings. The van der Waals surface area contributed by atoms with Crippen molar-refractivity contribution in [1.29, 1.82) is 0 Å². The van der Waals surface area contributed by atoms with E-state index in [-0.39, 0.29) is 23.9 Å². The summed E-state index contributed by atoms with van der Waals surface area (Å²) in [4.78, 5) is 46.0. The van der Waals surface area contributed by atoms with Crippen LogP contribution < -0.4 is 10.9 Å². The van der Waals surface area contributed by atoms with Gasteiger partial charge in [0.05, 0.1) is 29.6 Å². The van der Waals surface area contributed by atoms with Crippen LogP contribution in [0.3, 0.4) is 0 Å². The average molecular weight is 426 g/mol. The smallest absolute Gasteiger partial charge is 0.311 e. The summed E-state index contributed by atoms with van der Waals surface area (Å²) in [5.41, 5.74) is 1.43. The molecular weight excluding hydrogens is 404 g/mol. The van der Waals surface area contributed by atoms with Gasteiger partial charge in [-0.25, -0.2) is 9.97 Å². The van der Waals surface area contributed by atoms with Gasteiger partial charge in [0.25, 0.3) is 11.5 Å². The molecule has 8 nitrogen and oxygen atoms in total. The van der Waals surface area contributed by atoms with Gasteiger partial charge in [0.2, 0.25) is 0 Å². The van der Waals surface area contributed by atoms with E-state index in [0.29, 0.717) is 40.4 Å². The van der Waals surface area contributed by atoms with Crippen molar-refractivity contribution < 1.29 is 14.3 Å². The molecule has 1 amide bonds. The minimum atomic E-state index is -0.355. The van der Waals surface area contributed by atoms with Crippen molar-refractivity contribution in [2.24, 2.45) is 0 Å². The number of thiazole rings is 1. The first kappa shape index (κ1) is 20.2. The number of aromatic nitrogens is 3. The molecule has 0 radical (unpaired) electrons. The maximum absolute atomic E-state index is 12.8. The predicted molar refractivity (Wildman–Crippen MR) is 114 cm³/mol. The quantitative estimate of drug-likeness (QED) is 0.629. The lowest BCUT2D eigenvalue weighted by molar-refractivity contribution is -0.142. The molecule has 30 heavy (non-hydrogen) atoms. The lowest BCUT2D eigenvalue weighted by Crippen LogP contribution is -2.24. The summed E-state index contributed by atoms with van der Waals surface area (Å²) in [6.07, 6.45) is 3.90. The largest absolute Gasteiger partial charge is 0.466 e. The van der Waals surface area contributed by atoms with Gasteiger partial charge in [-0.05, 0) is 38.0 Å². The summed E-state index contributed by atoms with van der Waals surface area (Å²) >= 11 is 1.24. The summed E-state index contributed by atoms with van der Waals surface area (Å²) < 4.78 is 6.67. The van der Waals surface area contributed by atoms with Gasteiger partial charge >= 0.3 is 5.97 Å². The fraction of sp³-hybridized carbons (Fsp3) is 0.381. The summed E-state index contributed by atoms with van der Waals surface area (Å²) in [5.74, 6) is 0.0866. The number of amides is 1. The van der Waals surface area contributed by atoms with Crippen LogP contribution in [0.5, 0.6) is 0 Å². The predicted octanol–water partition coefficient (Wildman–Crippen LogP) is 2.94. The van der Waals surface area contributed by atoms with Crippen molar-refractivity contribution in [3.8, 4) is 0 Å². The van der Waals surface area contributed by atoms with Crippen molar-refractivity contribution in [2.45, 2.75) is 45.6 Å². The Morgan fingerprint density at radius 3 is 2.93 bits per heavy atom. The van der Waals surface area contributed by atoms with Crippen molar-refractivity contribution >= 4 is 39.2 Å². The molecule has 0 saturated carbocycles. The van der Waals surface area contributed by atoms with Crippen LogP contribution in [-0.2, 0) is 28.9 Å². The Hall–Kier alpha value is -3.07. The second-order valence-electron chi connectivity index (χ2n) is 7.11. The second-order valence-corrected chi connectivity index (χ2v) is 7.97. The van der Waals surface area contributed by atoms with Gasteiger partial charge in [0.1, 0.15) is 5.82 Å². The first-order chi connectivity index (χ1) is 14.5. The molecule has 2 aromatic heterocycles. The van der Waals surface area contributed by atoms with Crippen LogP contribution in [0, 0.1) is 0 Å². The van der Waals surface area contributed by atoms with E-state index >= 15 is 0 Å². The van der Waals surface area contributed by atoms with Crippen molar-refractivity contribution in [3.63, 3.8) is 0 Å². The minimum Gasteiger partial charge on any atom is -0.466 e. The highest BCUT2D eigenvalue weighted by Gasteiger charge is 2.16. The van der Waals surface area contributed by atoms with Crippen molar-refractivity contribution in [2.75, 3.05) is 11.9 Å². The number of benzene rings is 1. The van der Waals surface area contributed by atoms with Gasteiger partial charge in [-0.1, -0.05) is 6.42 Å². The standard InChI is InChI=1S/C21H22N4O4S/c1-2-29-18(26)11-14-12-30-21(22-14)24-19(27)13-7-8-15-16(10-13)23-17-6-4-3-5-9-25(17)20(15)28/h7-8,10,12H,2-6,9,11H2,1H3,(H,22,24,27). The molecule has 0 aliphatic carbocycles. The molecule has 1 aromatic carbocycles. The van der Waals surface area contributed by atoms with Gasteiger partial charge in [0, 0.05) is 23.9 Å². The number of ether oxygens (including phenoxy) is 1. The number of carbonyl (C=O) groups excluding carboxylic acids is 2. The third kappa shape index (κ3) is 4.25. The van der Waals surface area contributed by atoms with Gasteiger partial charge in [0.15, 0.2) is 5.13 Å². The molecular formula is C21H22N4O4S. The van der Waals surface area contributed by atoms with Crippen LogP contribution in [0.15, 0.2) is 28.4 Å². The molecule has 3 heterocycles. The number of rotatable bonds is 5. The van der Waals surface area contributed by atoms with E-state index in [1.54, 1.807) is 35.1 Å². The molecule has 4 rings (SSSR count). The number of carbonyl (C=O) groups is 2. The minimum absolute atomic E-state index is 0.0487. The number of nitrogens with zero attached hydrogens (tertiary/aromatic N) is 3. The normalized spacial score (nSPS) is 13.5. The Kier molecular flexibility index (Phi) is 5.89. The fourth-order valence-electron chi connectivity index (χ4n) is 3.53. The van der Waals surface area contributed by atoms with Crippen LogP contribution >= 0.6 is 11.3 Å². The lowest BCUT2D eigenvalue weighted by atomic mass is 10.1. The Bertz CT molecular complexity index is 1170. The zero-order valence-electron chi connectivity index (χ0n) is 16.6. The third-order valence-corrected chi connectivity index (χ3v) is 5.79. The number of aryl methyl sites for hydroxylation is 1. The molecule has 1 aliphatic heterocycles. The number of anilines is 1. The topological polar surface area (TPSA) is 103 Å². The van der Waals surface area contributed by atoms with E-state index in [0.717, 1.165) is 31.5 Å². The van der Waals surface area contributed by atoms with E-state index in [9.17, 15) is 14.4 Å². The first-order valence-electron chi connectivity index (χ1n) is 10.00. The monoisotopic (exact) mass is 426 g/mol. The highest BCUT2D eigenvalue weighted by atomic mass is 32.1. The Morgan fingerprint density at radius 1 is 1.23 bits per heavy atom. The Balaban J connectivity index is 1.55. The maximum atomic E-state index is 12.8. The molecule has 3 aromatic rings. The van der Waals surface area contributed by atoms with Crippen LogP contribution in [0.2, 0.25) is 0 Å². The van der Waals surface area contributed by atoms with E-state index in [1.165, 1.54) is 11.3 Å². The number of hydrogen-bond acceptors (Lipinski definition) is 7. The van der Waals surface area contributed by atoms with E-state index in [2.05, 4.69) is 15.3 Å². The molecule has 0 bridgehead atoms. The molecule has 0 atom stereocenters. The second kappa shape index (κ2) is 8.74. The molecule has 0 spiro atoms. The van der Waals surface area contributed by atoms with Gasteiger partial charge in [-0.3, -0.25) is 24.3 Å². The zero-order chi connectivity index (χ0) is 21.1. The highest BCUT2D eigenvalue weighted by molar-refractivity contribution is 7.14. The van der Waals surface area contributed by atoms with E-state index in [4.69, 9.17) is 4.74 Å². The van der Waals surface area contributed by atoms with Crippen LogP contribution in [0.1, 0.15) is 48.1 Å². The molecule has 0 fully saturated rings. The SMILES string of the molecule is CCOC(=O)Cc1csc(NC(=O)c2ccc3c(=O)n4c(nc3c2)CCCCC4)n1. The molecule has 9 heteroatoms. The average Bonchev–Trinajstić information content (AvgIpc) is 3.01. The first-order valence-corrected chi connectivity index (χ1v) is 10.9. The molecule has 156 valence electrons. The molecule has 0 unspecified atom stereocenters. The third-order valence-electron chi connectivity index (χ3n) is 4.98. The Morgan fingerprint density at radius 2 is 2.10 bits per heavy atom. The number of nitrogens with one attached hydrogen (secondary N) is 1. The van der Waals surface area contributed by atoms with Crippen molar-refractivity contribution in [1.82, 2.24) is 14.5 Å². The van der Waals surface area contributed by atoms with Crippen LogP contribution in [0.25, 0.3) is 10.9 Å². The number of fused-ring (bicyclic) bond motifs is 2. The fourth-order valence-corrected chi connectivity index (χ4v) is 4.24. The van der Waals surface area contributed by atoms with Gasteiger partial charge < -0.3 is 4.74 Å². The summed E-state index contributed by atoms with van der Waals surface area (Å²) in [6, 6.07) is 4.92. The van der Waals surface area contributed by atoms with Gasteiger partial charge in [-0.15, -0.1) is 11.3 Å². The molecule has 0 saturated heterocycles.